The number of amides is 2. The van der Waals surface area contributed by atoms with Crippen molar-refractivity contribution in [1.82, 2.24) is 21.0 Å². The Kier molecular flexibility index (Phi) is 8.72. The average molecular weight is 605 g/mol. The van der Waals surface area contributed by atoms with E-state index >= 15 is 0 Å². The van der Waals surface area contributed by atoms with Crippen molar-refractivity contribution in [2.24, 2.45) is 0 Å². The number of carbonyl (C=O) groups is 2. The molecule has 44 heavy (non-hydrogen) atoms. The lowest BCUT2D eigenvalue weighted by Gasteiger charge is -2.60. The van der Waals surface area contributed by atoms with Crippen LogP contribution in [-0.4, -0.2) is 97.9 Å². The second-order valence-electron chi connectivity index (χ2n) is 12.9. The second kappa shape index (κ2) is 12.9. The molecule has 5 aliphatic rings. The van der Waals surface area contributed by atoms with E-state index in [1.807, 2.05) is 60.7 Å². The van der Waals surface area contributed by atoms with Gasteiger partial charge in [-0.2, -0.15) is 5.06 Å². The maximum Gasteiger partial charge on any atom is 0.251 e. The molecule has 11 atom stereocenters. The SMILES string of the molecule is COC1CC2OC3C(CC4OC5CCCCC5N(OC)C4C3NC(=O)c3ccccc3)NC2CC1NC(=O)c1ccccc1. The largest absolute Gasteiger partial charge is 0.379 e. The quantitative estimate of drug-likeness (QED) is 0.462. The summed E-state index contributed by atoms with van der Waals surface area (Å²) in [5, 5.41) is 12.6. The van der Waals surface area contributed by atoms with Gasteiger partial charge in [-0.1, -0.05) is 49.2 Å². The molecule has 3 aliphatic carbocycles. The van der Waals surface area contributed by atoms with Crippen LogP contribution in [0.5, 0.6) is 0 Å². The molecule has 2 amide bonds. The summed E-state index contributed by atoms with van der Waals surface area (Å²) < 4.78 is 19.7. The molecule has 3 N–H and O–H groups in total. The number of benzene rings is 2. The summed E-state index contributed by atoms with van der Waals surface area (Å²) in [4.78, 5) is 32.8. The molecule has 0 aromatic heterocycles. The molecule has 2 heterocycles. The van der Waals surface area contributed by atoms with E-state index < -0.39 is 0 Å². The van der Waals surface area contributed by atoms with Crippen molar-refractivity contribution < 1.29 is 28.6 Å². The number of fused-ring (bicyclic) bond motifs is 4. The Morgan fingerprint density at radius 2 is 1.48 bits per heavy atom. The molecule has 0 bridgehead atoms. The van der Waals surface area contributed by atoms with Gasteiger partial charge in [-0.25, -0.2) is 0 Å². The number of nitrogens with one attached hydrogen (secondary N) is 3. The van der Waals surface area contributed by atoms with E-state index in [2.05, 4.69) is 21.0 Å². The fraction of sp³-hybridized carbons (Fsp3) is 0.588. The van der Waals surface area contributed by atoms with Crippen LogP contribution < -0.4 is 16.0 Å². The van der Waals surface area contributed by atoms with Gasteiger partial charge in [0, 0.05) is 36.7 Å². The molecule has 0 radical (unpaired) electrons. The van der Waals surface area contributed by atoms with Crippen molar-refractivity contribution in [2.75, 3.05) is 14.2 Å². The van der Waals surface area contributed by atoms with Gasteiger partial charge in [0.1, 0.15) is 0 Å². The Bertz CT molecular complexity index is 1300. The maximum absolute atomic E-state index is 13.6. The maximum atomic E-state index is 13.6. The van der Waals surface area contributed by atoms with E-state index in [1.165, 1.54) is 0 Å². The minimum absolute atomic E-state index is 0.0234. The summed E-state index contributed by atoms with van der Waals surface area (Å²) in [5.74, 6) is -0.239. The number of morpholine rings is 2. The smallest absolute Gasteiger partial charge is 0.251 e. The lowest BCUT2D eigenvalue weighted by atomic mass is 9.75. The Labute approximate surface area is 259 Å². The van der Waals surface area contributed by atoms with Gasteiger partial charge in [0.15, 0.2) is 0 Å². The molecule has 2 aromatic rings. The third kappa shape index (κ3) is 5.68. The number of carbonyl (C=O) groups excluding carboxylic acids is 2. The van der Waals surface area contributed by atoms with Crippen LogP contribution in [0.4, 0.5) is 0 Å². The lowest BCUT2D eigenvalue weighted by Crippen LogP contribution is -2.78. The fourth-order valence-electron chi connectivity index (χ4n) is 8.41. The molecule has 2 saturated heterocycles. The number of methoxy groups -OCH3 is 1. The molecule has 5 fully saturated rings. The molecule has 7 rings (SSSR count). The van der Waals surface area contributed by atoms with Gasteiger partial charge in [-0.3, -0.25) is 9.59 Å². The summed E-state index contributed by atoms with van der Waals surface area (Å²) in [6.07, 6.45) is 5.70. The molecule has 3 saturated carbocycles. The Morgan fingerprint density at radius 1 is 0.795 bits per heavy atom. The first-order chi connectivity index (χ1) is 21.5. The molecule has 11 unspecified atom stereocenters. The predicted molar refractivity (Wildman–Crippen MR) is 163 cm³/mol. The van der Waals surface area contributed by atoms with Crippen LogP contribution in [0.1, 0.15) is 65.7 Å². The minimum atomic E-state index is -0.362. The Balaban J connectivity index is 1.14. The molecule has 10 nitrogen and oxygen atoms in total. The van der Waals surface area contributed by atoms with E-state index in [9.17, 15) is 9.59 Å². The number of hydrogen-bond acceptors (Lipinski definition) is 8. The third-order valence-electron chi connectivity index (χ3n) is 10.5. The van der Waals surface area contributed by atoms with E-state index in [1.54, 1.807) is 14.2 Å². The summed E-state index contributed by atoms with van der Waals surface area (Å²) in [7, 11) is 3.43. The average Bonchev–Trinajstić information content (AvgIpc) is 3.06. The topological polar surface area (TPSA) is 110 Å². The summed E-state index contributed by atoms with van der Waals surface area (Å²) in [5.41, 5.74) is 1.24. The lowest BCUT2D eigenvalue weighted by molar-refractivity contribution is -0.311. The van der Waals surface area contributed by atoms with Crippen molar-refractivity contribution in [3.8, 4) is 0 Å². The number of hydrogen-bond donors (Lipinski definition) is 3. The summed E-state index contributed by atoms with van der Waals surface area (Å²) >= 11 is 0. The third-order valence-corrected chi connectivity index (χ3v) is 10.5. The van der Waals surface area contributed by atoms with Crippen molar-refractivity contribution in [3.05, 3.63) is 71.8 Å². The fourth-order valence-corrected chi connectivity index (χ4v) is 8.41. The molecular formula is C34H44N4O6. The van der Waals surface area contributed by atoms with Crippen molar-refractivity contribution >= 4 is 11.8 Å². The molecule has 10 heteroatoms. The first-order valence-corrected chi connectivity index (χ1v) is 16.2. The molecule has 236 valence electrons. The highest BCUT2D eigenvalue weighted by Crippen LogP contribution is 2.42. The highest BCUT2D eigenvalue weighted by Gasteiger charge is 2.58. The normalized spacial score (nSPS) is 38.3. The van der Waals surface area contributed by atoms with Gasteiger partial charge in [0.05, 0.1) is 61.8 Å². The van der Waals surface area contributed by atoms with Crippen LogP contribution in [0.2, 0.25) is 0 Å². The zero-order valence-corrected chi connectivity index (χ0v) is 25.5. The van der Waals surface area contributed by atoms with Gasteiger partial charge in [-0.05, 0) is 49.9 Å². The van der Waals surface area contributed by atoms with E-state index in [-0.39, 0.29) is 78.6 Å². The Morgan fingerprint density at radius 3 is 2.16 bits per heavy atom. The van der Waals surface area contributed by atoms with E-state index in [4.69, 9.17) is 19.0 Å². The molecule has 2 aromatic carbocycles. The monoisotopic (exact) mass is 604 g/mol. The minimum Gasteiger partial charge on any atom is -0.379 e. The highest BCUT2D eigenvalue weighted by atomic mass is 16.7. The summed E-state index contributed by atoms with van der Waals surface area (Å²) in [6.45, 7) is 0. The Hall–Kier alpha value is -2.86. The molecule has 0 spiro atoms. The number of rotatable bonds is 6. The van der Waals surface area contributed by atoms with Crippen LogP contribution in [-0.2, 0) is 19.0 Å². The van der Waals surface area contributed by atoms with Crippen molar-refractivity contribution in [3.63, 3.8) is 0 Å². The van der Waals surface area contributed by atoms with Crippen LogP contribution >= 0.6 is 0 Å². The van der Waals surface area contributed by atoms with Crippen LogP contribution in [0.25, 0.3) is 0 Å². The van der Waals surface area contributed by atoms with Crippen LogP contribution in [0.3, 0.4) is 0 Å². The van der Waals surface area contributed by atoms with Crippen LogP contribution in [0, 0.1) is 0 Å². The van der Waals surface area contributed by atoms with Gasteiger partial charge in [0.2, 0.25) is 0 Å². The van der Waals surface area contributed by atoms with Crippen LogP contribution in [0.15, 0.2) is 60.7 Å². The van der Waals surface area contributed by atoms with Gasteiger partial charge >= 0.3 is 0 Å². The second-order valence-corrected chi connectivity index (χ2v) is 12.9. The zero-order chi connectivity index (χ0) is 30.2. The van der Waals surface area contributed by atoms with E-state index in [0.717, 1.165) is 32.1 Å². The van der Waals surface area contributed by atoms with Crippen molar-refractivity contribution in [1.29, 1.82) is 0 Å². The van der Waals surface area contributed by atoms with E-state index in [0.29, 0.717) is 24.0 Å². The molecule has 2 aliphatic heterocycles. The highest BCUT2D eigenvalue weighted by molar-refractivity contribution is 5.95. The molecular weight excluding hydrogens is 560 g/mol. The first kappa shape index (κ1) is 29.8. The van der Waals surface area contributed by atoms with Gasteiger partial charge in [0.25, 0.3) is 11.8 Å². The number of nitrogens with zero attached hydrogens (tertiary/aromatic N) is 1. The van der Waals surface area contributed by atoms with Crippen molar-refractivity contribution in [2.45, 2.75) is 112 Å². The number of hydroxylamine groups is 2. The standard InChI is InChI=1S/C34H44N4O6/c1-41-27-19-28-23(17-22(27)36-33(39)20-11-5-3-6-12-20)35-24-18-29-31(38(42-2)25-15-9-10-16-26(25)43-29)30(32(24)44-28)37-34(40)21-13-7-4-8-14-21/h3-8,11-14,22-32,35H,9-10,15-19H2,1-2H3,(H,36,39)(H,37,40). The number of ether oxygens (including phenoxy) is 3. The van der Waals surface area contributed by atoms with Gasteiger partial charge < -0.3 is 35.0 Å². The predicted octanol–water partition coefficient (Wildman–Crippen LogP) is 2.83. The summed E-state index contributed by atoms with van der Waals surface area (Å²) in [6, 6.07) is 18.0. The first-order valence-electron chi connectivity index (χ1n) is 16.2. The van der Waals surface area contributed by atoms with Gasteiger partial charge in [-0.15, -0.1) is 0 Å². The zero-order valence-electron chi connectivity index (χ0n) is 25.5.